The van der Waals surface area contributed by atoms with E-state index in [0.717, 1.165) is 39.4 Å². The minimum atomic E-state index is -0.689. The molecular formula is C30H35N5O3. The summed E-state index contributed by atoms with van der Waals surface area (Å²) < 4.78 is 5.55. The SMILES string of the molecule is COc1ccccc1C1=NCc2ncc(-c3ccc(NC(=O)[C@H](N)CC(C)(C)C)c(C(=O)N(C)C)c3)cc21. The Morgan fingerprint density at radius 3 is 2.50 bits per heavy atom. The molecule has 0 aliphatic carbocycles. The van der Waals surface area contributed by atoms with Gasteiger partial charge in [-0.15, -0.1) is 0 Å². The highest BCUT2D eigenvalue weighted by atomic mass is 16.5. The number of carbonyl (C=O) groups excluding carboxylic acids is 2. The van der Waals surface area contributed by atoms with E-state index in [1.54, 1.807) is 39.5 Å². The first kappa shape index (κ1) is 27.0. The van der Waals surface area contributed by atoms with Crippen molar-refractivity contribution in [2.24, 2.45) is 16.1 Å². The van der Waals surface area contributed by atoms with Gasteiger partial charge in [0.25, 0.3) is 5.91 Å². The summed E-state index contributed by atoms with van der Waals surface area (Å²) in [5, 5.41) is 2.87. The number of rotatable bonds is 7. The molecule has 0 radical (unpaired) electrons. The van der Waals surface area contributed by atoms with Crippen LogP contribution in [0, 0.1) is 5.41 Å². The van der Waals surface area contributed by atoms with Gasteiger partial charge in [0.1, 0.15) is 5.75 Å². The number of amides is 2. The monoisotopic (exact) mass is 513 g/mol. The van der Waals surface area contributed by atoms with E-state index in [1.165, 1.54) is 4.90 Å². The molecule has 3 N–H and O–H groups in total. The maximum Gasteiger partial charge on any atom is 0.255 e. The minimum absolute atomic E-state index is 0.102. The number of hydrogen-bond donors (Lipinski definition) is 2. The zero-order valence-electron chi connectivity index (χ0n) is 22.8. The number of hydrogen-bond acceptors (Lipinski definition) is 6. The van der Waals surface area contributed by atoms with Crippen molar-refractivity contribution in [1.29, 1.82) is 0 Å². The van der Waals surface area contributed by atoms with Crippen molar-refractivity contribution >= 4 is 23.2 Å². The molecule has 3 aromatic rings. The zero-order chi connectivity index (χ0) is 27.6. The summed E-state index contributed by atoms with van der Waals surface area (Å²) in [6, 6.07) is 14.5. The largest absolute Gasteiger partial charge is 0.496 e. The maximum atomic E-state index is 13.1. The minimum Gasteiger partial charge on any atom is -0.496 e. The Kier molecular flexibility index (Phi) is 7.64. The predicted octanol–water partition coefficient (Wildman–Crippen LogP) is 4.51. The Morgan fingerprint density at radius 2 is 1.82 bits per heavy atom. The highest BCUT2D eigenvalue weighted by molar-refractivity contribution is 6.16. The number of methoxy groups -OCH3 is 1. The van der Waals surface area contributed by atoms with Gasteiger partial charge >= 0.3 is 0 Å². The third kappa shape index (κ3) is 5.75. The van der Waals surface area contributed by atoms with Crippen LogP contribution in [0.1, 0.15) is 54.4 Å². The average molecular weight is 514 g/mol. The number of nitrogens with one attached hydrogen (secondary N) is 1. The van der Waals surface area contributed by atoms with Crippen molar-refractivity contribution in [1.82, 2.24) is 9.88 Å². The molecule has 0 bridgehead atoms. The fourth-order valence-electron chi connectivity index (χ4n) is 4.52. The van der Waals surface area contributed by atoms with Crippen molar-refractivity contribution < 1.29 is 14.3 Å². The van der Waals surface area contributed by atoms with Crippen molar-refractivity contribution in [2.75, 3.05) is 26.5 Å². The van der Waals surface area contributed by atoms with Crippen LogP contribution in [0.4, 0.5) is 5.69 Å². The number of benzene rings is 2. The molecule has 8 heteroatoms. The lowest BCUT2D eigenvalue weighted by molar-refractivity contribution is -0.118. The van der Waals surface area contributed by atoms with Gasteiger partial charge in [-0.1, -0.05) is 39.0 Å². The quantitative estimate of drug-likeness (QED) is 0.483. The molecule has 2 heterocycles. The molecule has 198 valence electrons. The number of pyridine rings is 1. The summed E-state index contributed by atoms with van der Waals surface area (Å²) in [4.78, 5) is 36.8. The van der Waals surface area contributed by atoms with Crippen LogP contribution in [0.15, 0.2) is 59.7 Å². The molecule has 1 atom stereocenters. The van der Waals surface area contributed by atoms with E-state index in [0.29, 0.717) is 24.2 Å². The highest BCUT2D eigenvalue weighted by Gasteiger charge is 2.25. The van der Waals surface area contributed by atoms with Crippen LogP contribution >= 0.6 is 0 Å². The molecule has 1 aliphatic heterocycles. The normalized spacial score (nSPS) is 13.4. The number of aromatic nitrogens is 1. The summed E-state index contributed by atoms with van der Waals surface area (Å²) in [5.74, 6) is 0.197. The fraction of sp³-hybridized carbons (Fsp3) is 0.333. The van der Waals surface area contributed by atoms with E-state index in [9.17, 15) is 9.59 Å². The Balaban J connectivity index is 1.70. The van der Waals surface area contributed by atoms with E-state index in [4.69, 9.17) is 15.5 Å². The van der Waals surface area contributed by atoms with Crippen LogP contribution in [0.3, 0.4) is 0 Å². The van der Waals surface area contributed by atoms with Crippen LogP contribution in [-0.4, -0.2) is 54.7 Å². The molecule has 2 aromatic carbocycles. The van der Waals surface area contributed by atoms with E-state index < -0.39 is 6.04 Å². The van der Waals surface area contributed by atoms with Gasteiger partial charge in [0.05, 0.1) is 42.4 Å². The van der Waals surface area contributed by atoms with E-state index in [-0.39, 0.29) is 17.2 Å². The summed E-state index contributed by atoms with van der Waals surface area (Å²) in [6.45, 7) is 6.59. The van der Waals surface area contributed by atoms with Gasteiger partial charge in [-0.2, -0.15) is 0 Å². The first-order valence-electron chi connectivity index (χ1n) is 12.6. The van der Waals surface area contributed by atoms with Gasteiger partial charge in [0, 0.05) is 37.0 Å². The lowest BCUT2D eigenvalue weighted by Crippen LogP contribution is -2.39. The first-order chi connectivity index (χ1) is 18.0. The number of anilines is 1. The molecule has 1 aromatic heterocycles. The smallest absolute Gasteiger partial charge is 0.255 e. The summed E-state index contributed by atoms with van der Waals surface area (Å²) in [5.41, 5.74) is 12.0. The molecule has 0 saturated carbocycles. The summed E-state index contributed by atoms with van der Waals surface area (Å²) in [6.07, 6.45) is 2.31. The number of nitrogens with two attached hydrogens (primary N) is 1. The lowest BCUT2D eigenvalue weighted by atomic mass is 9.88. The Hall–Kier alpha value is -4.04. The second-order valence-corrected chi connectivity index (χ2v) is 10.9. The number of ether oxygens (including phenoxy) is 1. The van der Waals surface area contributed by atoms with Gasteiger partial charge in [0.15, 0.2) is 0 Å². The van der Waals surface area contributed by atoms with Crippen LogP contribution in [-0.2, 0) is 11.3 Å². The Labute approximate surface area is 223 Å². The molecule has 0 saturated heterocycles. The summed E-state index contributed by atoms with van der Waals surface area (Å²) >= 11 is 0. The number of para-hydroxylation sites is 1. The number of nitrogens with zero attached hydrogens (tertiary/aromatic N) is 3. The number of fused-ring (bicyclic) bond motifs is 1. The maximum absolute atomic E-state index is 13.1. The van der Waals surface area contributed by atoms with Crippen molar-refractivity contribution in [3.8, 4) is 16.9 Å². The highest BCUT2D eigenvalue weighted by Crippen LogP contribution is 2.32. The van der Waals surface area contributed by atoms with Crippen molar-refractivity contribution in [2.45, 2.75) is 39.8 Å². The number of aliphatic imine (C=N–C) groups is 1. The second-order valence-electron chi connectivity index (χ2n) is 10.9. The van der Waals surface area contributed by atoms with Gasteiger partial charge in [-0.05, 0) is 47.7 Å². The molecule has 8 nitrogen and oxygen atoms in total. The molecule has 0 spiro atoms. The molecular weight excluding hydrogens is 478 g/mol. The van der Waals surface area contributed by atoms with E-state index in [1.807, 2.05) is 57.2 Å². The van der Waals surface area contributed by atoms with Gasteiger partial charge < -0.3 is 20.7 Å². The van der Waals surface area contributed by atoms with Crippen LogP contribution in [0.2, 0.25) is 0 Å². The molecule has 0 fully saturated rings. The second kappa shape index (κ2) is 10.8. The standard InChI is InChI=1S/C30H35N5O3/c1-30(2,3)15-23(31)28(36)34-24-12-11-18(13-22(24)29(37)35(4)5)19-14-21-25(32-16-19)17-33-27(21)20-9-7-8-10-26(20)38-6/h7-14,16,23H,15,17,31H2,1-6H3,(H,34,36)/t23-/m1/s1. The lowest BCUT2D eigenvalue weighted by Gasteiger charge is -2.23. The van der Waals surface area contributed by atoms with Gasteiger partial charge in [0.2, 0.25) is 5.91 Å². The molecule has 1 aliphatic rings. The number of carbonyl (C=O) groups is 2. The first-order valence-corrected chi connectivity index (χ1v) is 12.6. The predicted molar refractivity (Wildman–Crippen MR) is 151 cm³/mol. The van der Waals surface area contributed by atoms with E-state index in [2.05, 4.69) is 10.3 Å². The molecule has 0 unspecified atom stereocenters. The molecule has 38 heavy (non-hydrogen) atoms. The topological polar surface area (TPSA) is 110 Å². The molecule has 4 rings (SSSR count). The van der Waals surface area contributed by atoms with Crippen molar-refractivity contribution in [3.05, 3.63) is 77.1 Å². The Morgan fingerprint density at radius 1 is 1.08 bits per heavy atom. The van der Waals surface area contributed by atoms with Crippen LogP contribution < -0.4 is 15.8 Å². The van der Waals surface area contributed by atoms with Crippen LogP contribution in [0.5, 0.6) is 5.75 Å². The average Bonchev–Trinajstić information content (AvgIpc) is 3.30. The third-order valence-corrected chi connectivity index (χ3v) is 6.39. The zero-order valence-corrected chi connectivity index (χ0v) is 22.8. The van der Waals surface area contributed by atoms with Gasteiger partial charge in [-0.25, -0.2) is 0 Å². The molecule has 2 amide bonds. The van der Waals surface area contributed by atoms with Gasteiger partial charge in [-0.3, -0.25) is 19.6 Å². The third-order valence-electron chi connectivity index (χ3n) is 6.39. The Bertz CT molecular complexity index is 1410. The fourth-order valence-corrected chi connectivity index (χ4v) is 4.52. The summed E-state index contributed by atoms with van der Waals surface area (Å²) in [7, 11) is 5.00. The van der Waals surface area contributed by atoms with Crippen molar-refractivity contribution in [3.63, 3.8) is 0 Å². The van der Waals surface area contributed by atoms with Crippen LogP contribution in [0.25, 0.3) is 11.1 Å². The van der Waals surface area contributed by atoms with E-state index >= 15 is 0 Å².